The molecule has 2 saturated carbocycles. The lowest BCUT2D eigenvalue weighted by Gasteiger charge is -2.25. The fourth-order valence-electron chi connectivity index (χ4n) is 2.96. The van der Waals surface area contributed by atoms with Gasteiger partial charge in [0, 0.05) is 17.1 Å². The predicted molar refractivity (Wildman–Crippen MR) is 81.4 cm³/mol. The molecule has 2 heteroatoms. The molecule has 2 aliphatic carbocycles. The summed E-state index contributed by atoms with van der Waals surface area (Å²) < 4.78 is 0. The Kier molecular flexibility index (Phi) is 3.95. The maximum atomic E-state index is 5.98. The first-order valence-corrected chi connectivity index (χ1v) is 7.78. The van der Waals surface area contributed by atoms with Crippen LogP contribution in [0.5, 0.6) is 0 Å². The molecular weight excluding hydrogens is 254 g/mol. The number of hydrogen-bond donors (Lipinski definition) is 1. The third kappa shape index (κ3) is 3.40. The number of benzene rings is 1. The van der Waals surface area contributed by atoms with Gasteiger partial charge in [-0.25, -0.2) is 0 Å². The summed E-state index contributed by atoms with van der Waals surface area (Å²) >= 11 is 5.98. The Hall–Kier alpha value is -0.790. The van der Waals surface area contributed by atoms with Crippen molar-refractivity contribution in [2.45, 2.75) is 44.2 Å². The van der Waals surface area contributed by atoms with Gasteiger partial charge in [-0.15, -0.1) is 6.58 Å². The zero-order valence-corrected chi connectivity index (χ0v) is 12.1. The summed E-state index contributed by atoms with van der Waals surface area (Å²) in [4.78, 5) is 0. The lowest BCUT2D eigenvalue weighted by atomic mass is 9.99. The van der Waals surface area contributed by atoms with E-state index in [4.69, 9.17) is 11.6 Å². The normalized spacial score (nSPS) is 20.5. The Morgan fingerprint density at radius 2 is 1.74 bits per heavy atom. The van der Waals surface area contributed by atoms with Gasteiger partial charge in [-0.05, 0) is 61.6 Å². The topological polar surface area (TPSA) is 12.0 Å². The summed E-state index contributed by atoms with van der Waals surface area (Å²) in [6.45, 7) is 3.91. The van der Waals surface area contributed by atoms with E-state index in [0.717, 1.165) is 29.3 Å². The average molecular weight is 276 g/mol. The van der Waals surface area contributed by atoms with Crippen LogP contribution in [0.4, 0.5) is 0 Å². The zero-order valence-electron chi connectivity index (χ0n) is 11.3. The van der Waals surface area contributed by atoms with E-state index in [-0.39, 0.29) is 0 Å². The van der Waals surface area contributed by atoms with Gasteiger partial charge in [-0.1, -0.05) is 29.8 Å². The van der Waals surface area contributed by atoms with Crippen molar-refractivity contribution in [3.8, 4) is 0 Å². The first kappa shape index (κ1) is 13.2. The molecule has 0 heterocycles. The van der Waals surface area contributed by atoms with E-state index < -0.39 is 0 Å². The number of hydrogen-bond acceptors (Lipinski definition) is 1. The third-order valence-corrected chi connectivity index (χ3v) is 4.58. The van der Waals surface area contributed by atoms with Crippen molar-refractivity contribution in [2.75, 3.05) is 0 Å². The Labute approximate surface area is 121 Å². The summed E-state index contributed by atoms with van der Waals surface area (Å²) in [6.07, 6.45) is 8.65. The van der Waals surface area contributed by atoms with Crippen LogP contribution in [0.3, 0.4) is 0 Å². The first-order valence-electron chi connectivity index (χ1n) is 7.40. The van der Waals surface area contributed by atoms with Gasteiger partial charge >= 0.3 is 0 Å². The minimum atomic E-state index is 0.390. The summed E-state index contributed by atoms with van der Waals surface area (Å²) in [6, 6.07) is 9.36. The van der Waals surface area contributed by atoms with Gasteiger partial charge in [0.2, 0.25) is 0 Å². The second-order valence-corrected chi connectivity index (χ2v) is 6.43. The molecule has 1 aromatic rings. The van der Waals surface area contributed by atoms with Crippen LogP contribution in [0.25, 0.3) is 0 Å². The fraction of sp³-hybridized carbons (Fsp3) is 0.529. The van der Waals surface area contributed by atoms with Crippen LogP contribution < -0.4 is 5.32 Å². The van der Waals surface area contributed by atoms with Gasteiger partial charge in [0.05, 0.1) is 0 Å². The highest BCUT2D eigenvalue weighted by atomic mass is 35.5. The van der Waals surface area contributed by atoms with E-state index in [1.807, 2.05) is 18.2 Å². The molecule has 2 fully saturated rings. The van der Waals surface area contributed by atoms with Crippen LogP contribution in [-0.4, -0.2) is 6.04 Å². The van der Waals surface area contributed by atoms with Gasteiger partial charge in [0.1, 0.15) is 0 Å². The van der Waals surface area contributed by atoms with Crippen molar-refractivity contribution in [3.05, 3.63) is 47.5 Å². The van der Waals surface area contributed by atoms with E-state index in [1.165, 1.54) is 31.2 Å². The largest absolute Gasteiger partial charge is 0.306 e. The molecule has 0 radical (unpaired) electrons. The van der Waals surface area contributed by atoms with E-state index in [0.29, 0.717) is 6.04 Å². The smallest absolute Gasteiger partial charge is 0.0406 e. The molecule has 1 aromatic carbocycles. The third-order valence-electron chi connectivity index (χ3n) is 4.33. The fourth-order valence-corrected chi connectivity index (χ4v) is 3.09. The van der Waals surface area contributed by atoms with Crippen molar-refractivity contribution in [2.24, 2.45) is 11.8 Å². The molecule has 0 spiro atoms. The molecule has 0 bridgehead atoms. The molecule has 0 amide bonds. The Morgan fingerprint density at radius 1 is 1.16 bits per heavy atom. The monoisotopic (exact) mass is 275 g/mol. The van der Waals surface area contributed by atoms with Crippen LogP contribution in [0.2, 0.25) is 5.02 Å². The van der Waals surface area contributed by atoms with Crippen molar-refractivity contribution < 1.29 is 0 Å². The number of nitrogens with one attached hydrogen (secondary N) is 1. The van der Waals surface area contributed by atoms with Crippen LogP contribution >= 0.6 is 11.6 Å². The maximum absolute atomic E-state index is 5.98. The quantitative estimate of drug-likeness (QED) is 0.709. The molecule has 102 valence electrons. The second kappa shape index (κ2) is 5.68. The highest BCUT2D eigenvalue weighted by molar-refractivity contribution is 6.30. The lowest BCUT2D eigenvalue weighted by molar-refractivity contribution is 0.366. The molecule has 2 aliphatic rings. The number of halogens is 1. The molecule has 1 nitrogen and oxygen atoms in total. The van der Waals surface area contributed by atoms with E-state index in [9.17, 15) is 0 Å². The molecule has 0 saturated heterocycles. The SMILES string of the molecule is C=CC[C@H](NC(C1CC1)C1CC1)c1ccc(Cl)cc1. The second-order valence-electron chi connectivity index (χ2n) is 6.00. The van der Waals surface area contributed by atoms with Crippen molar-refractivity contribution >= 4 is 11.6 Å². The molecule has 1 N–H and O–H groups in total. The summed E-state index contributed by atoms with van der Waals surface area (Å²) in [5.74, 6) is 1.85. The molecule has 0 unspecified atom stereocenters. The van der Waals surface area contributed by atoms with E-state index in [2.05, 4.69) is 24.0 Å². The van der Waals surface area contributed by atoms with Crippen LogP contribution in [-0.2, 0) is 0 Å². The maximum Gasteiger partial charge on any atom is 0.0406 e. The van der Waals surface area contributed by atoms with E-state index in [1.54, 1.807) is 0 Å². The number of rotatable bonds is 7. The van der Waals surface area contributed by atoms with Crippen LogP contribution in [0, 0.1) is 11.8 Å². The minimum absolute atomic E-state index is 0.390. The first-order chi connectivity index (χ1) is 9.28. The average Bonchev–Trinajstić information content (AvgIpc) is 3.29. The van der Waals surface area contributed by atoms with Gasteiger partial charge in [0.15, 0.2) is 0 Å². The summed E-state index contributed by atoms with van der Waals surface area (Å²) in [5, 5.41) is 4.71. The van der Waals surface area contributed by atoms with E-state index >= 15 is 0 Å². The van der Waals surface area contributed by atoms with Crippen molar-refractivity contribution in [3.63, 3.8) is 0 Å². The van der Waals surface area contributed by atoms with Gasteiger partial charge in [0.25, 0.3) is 0 Å². The molecule has 19 heavy (non-hydrogen) atoms. The minimum Gasteiger partial charge on any atom is -0.306 e. The zero-order chi connectivity index (χ0) is 13.2. The summed E-state index contributed by atoms with van der Waals surface area (Å²) in [5.41, 5.74) is 1.33. The van der Waals surface area contributed by atoms with Gasteiger partial charge < -0.3 is 5.32 Å². The predicted octanol–water partition coefficient (Wildman–Crippen LogP) is 4.74. The lowest BCUT2D eigenvalue weighted by Crippen LogP contribution is -2.36. The standard InChI is InChI=1S/C17H22ClN/c1-2-3-16(12-8-10-15(18)11-9-12)19-17(13-4-5-13)14-6-7-14/h2,8-11,13-14,16-17,19H,1,3-7H2/t16-/m0/s1. The highest BCUT2D eigenvalue weighted by Crippen LogP contribution is 2.45. The van der Waals surface area contributed by atoms with Crippen LogP contribution in [0.1, 0.15) is 43.7 Å². The molecule has 1 atom stereocenters. The Balaban J connectivity index is 1.72. The molecule has 3 rings (SSSR count). The Morgan fingerprint density at radius 3 is 2.21 bits per heavy atom. The molecular formula is C17H22ClN. The summed E-state index contributed by atoms with van der Waals surface area (Å²) in [7, 11) is 0. The van der Waals surface area contributed by atoms with Crippen molar-refractivity contribution in [1.29, 1.82) is 0 Å². The molecule has 0 aromatic heterocycles. The Bertz CT molecular complexity index is 419. The molecule has 0 aliphatic heterocycles. The van der Waals surface area contributed by atoms with Gasteiger partial charge in [-0.3, -0.25) is 0 Å². The van der Waals surface area contributed by atoms with Gasteiger partial charge in [-0.2, -0.15) is 0 Å². The highest BCUT2D eigenvalue weighted by Gasteiger charge is 2.42. The van der Waals surface area contributed by atoms with Crippen molar-refractivity contribution in [1.82, 2.24) is 5.32 Å². The van der Waals surface area contributed by atoms with Crippen LogP contribution in [0.15, 0.2) is 36.9 Å².